The van der Waals surface area contributed by atoms with E-state index in [0.717, 1.165) is 49.7 Å². The lowest BCUT2D eigenvalue weighted by atomic mass is 9.68. The second kappa shape index (κ2) is 8.68. The minimum absolute atomic E-state index is 0.0504. The second-order valence-electron chi connectivity index (χ2n) is 8.13. The first-order chi connectivity index (χ1) is 13.3. The van der Waals surface area contributed by atoms with Gasteiger partial charge in [0, 0.05) is 5.92 Å². The fourth-order valence-electron chi connectivity index (χ4n) is 4.86. The number of hydrogen-bond acceptors (Lipinski definition) is 0. The average molecular weight is 396 g/mol. The van der Waals surface area contributed by atoms with Gasteiger partial charge in [0.25, 0.3) is 0 Å². The zero-order valence-electron chi connectivity index (χ0n) is 15.8. The SMILES string of the molecule is C=CC1CCC(C2CCC(c3cc(F)c(C#CC(F)(F)F)c(F)c3)CC2)CC1. The smallest absolute Gasteiger partial charge is 0.206 e. The summed E-state index contributed by atoms with van der Waals surface area (Å²) in [7, 11) is 0. The summed E-state index contributed by atoms with van der Waals surface area (Å²) < 4.78 is 64.9. The van der Waals surface area contributed by atoms with Crippen molar-refractivity contribution in [2.24, 2.45) is 17.8 Å². The largest absolute Gasteiger partial charge is 0.458 e. The van der Waals surface area contributed by atoms with Gasteiger partial charge >= 0.3 is 6.18 Å². The summed E-state index contributed by atoms with van der Waals surface area (Å²) in [5.74, 6) is 2.55. The van der Waals surface area contributed by atoms with Gasteiger partial charge in [0.1, 0.15) is 11.6 Å². The van der Waals surface area contributed by atoms with Gasteiger partial charge in [-0.1, -0.05) is 12.0 Å². The van der Waals surface area contributed by atoms with Gasteiger partial charge in [0.15, 0.2) is 0 Å². The molecule has 0 aromatic heterocycles. The van der Waals surface area contributed by atoms with Crippen molar-refractivity contribution in [3.8, 4) is 11.8 Å². The summed E-state index contributed by atoms with van der Waals surface area (Å²) in [6.07, 6.45) is 5.91. The number of rotatable bonds is 3. The summed E-state index contributed by atoms with van der Waals surface area (Å²) in [5, 5.41) is 0. The van der Waals surface area contributed by atoms with E-state index in [2.05, 4.69) is 12.7 Å². The quantitative estimate of drug-likeness (QED) is 0.289. The van der Waals surface area contributed by atoms with Crippen molar-refractivity contribution in [1.82, 2.24) is 0 Å². The van der Waals surface area contributed by atoms with Gasteiger partial charge in [-0.15, -0.1) is 6.58 Å². The Hall–Kier alpha value is -1.83. The summed E-state index contributed by atoms with van der Waals surface area (Å²) in [5.41, 5.74) is -0.282. The number of alkyl halides is 3. The molecule has 3 rings (SSSR count). The molecule has 0 saturated heterocycles. The molecule has 0 spiro atoms. The van der Waals surface area contributed by atoms with Crippen LogP contribution in [0.5, 0.6) is 0 Å². The Labute approximate surface area is 163 Å². The highest BCUT2D eigenvalue weighted by molar-refractivity contribution is 5.40. The van der Waals surface area contributed by atoms with Crippen molar-refractivity contribution >= 4 is 0 Å². The van der Waals surface area contributed by atoms with Crippen molar-refractivity contribution in [3.63, 3.8) is 0 Å². The van der Waals surface area contributed by atoms with Gasteiger partial charge in [-0.25, -0.2) is 8.78 Å². The fraction of sp³-hybridized carbons (Fsp3) is 0.565. The third kappa shape index (κ3) is 5.16. The summed E-state index contributed by atoms with van der Waals surface area (Å²) in [6, 6.07) is 2.31. The molecule has 0 radical (unpaired) electrons. The molecule has 2 aliphatic carbocycles. The van der Waals surface area contributed by atoms with Crippen molar-refractivity contribution in [2.45, 2.75) is 63.5 Å². The number of hydrogen-bond donors (Lipinski definition) is 0. The van der Waals surface area contributed by atoms with Crippen molar-refractivity contribution < 1.29 is 22.0 Å². The molecule has 0 heterocycles. The zero-order valence-corrected chi connectivity index (χ0v) is 15.8. The molecule has 2 saturated carbocycles. The molecule has 0 nitrogen and oxygen atoms in total. The maximum atomic E-state index is 14.2. The molecule has 28 heavy (non-hydrogen) atoms. The van der Waals surface area contributed by atoms with Gasteiger partial charge < -0.3 is 0 Å². The average Bonchev–Trinajstić information content (AvgIpc) is 2.66. The lowest BCUT2D eigenvalue weighted by Crippen LogP contribution is -2.25. The Morgan fingerprint density at radius 3 is 1.82 bits per heavy atom. The molecule has 2 fully saturated rings. The Kier molecular flexibility index (Phi) is 6.47. The van der Waals surface area contributed by atoms with Crippen LogP contribution >= 0.6 is 0 Å². The van der Waals surface area contributed by atoms with Crippen LogP contribution in [0, 0.1) is 41.2 Å². The Morgan fingerprint density at radius 2 is 1.36 bits per heavy atom. The van der Waals surface area contributed by atoms with Crippen LogP contribution < -0.4 is 0 Å². The van der Waals surface area contributed by atoms with Crippen molar-refractivity contribution in [1.29, 1.82) is 0 Å². The van der Waals surface area contributed by atoms with Gasteiger partial charge in [0.2, 0.25) is 0 Å². The van der Waals surface area contributed by atoms with E-state index in [1.807, 2.05) is 0 Å². The van der Waals surface area contributed by atoms with E-state index in [1.165, 1.54) is 25.7 Å². The highest BCUT2D eigenvalue weighted by Gasteiger charge is 2.31. The highest BCUT2D eigenvalue weighted by Crippen LogP contribution is 2.44. The van der Waals surface area contributed by atoms with Crippen LogP contribution in [0.25, 0.3) is 0 Å². The standard InChI is InChI=1S/C23H25F5/c1-2-15-3-5-16(6-4-15)17-7-9-18(10-8-17)19-13-21(24)20(22(25)14-19)11-12-23(26,27)28/h2,13-18H,1,3-10H2. The molecule has 0 unspecified atom stereocenters. The predicted molar refractivity (Wildman–Crippen MR) is 99.6 cm³/mol. The van der Waals surface area contributed by atoms with Gasteiger partial charge in [-0.05, 0) is 92.7 Å². The lowest BCUT2D eigenvalue weighted by molar-refractivity contribution is -0.0696. The molecule has 152 valence electrons. The monoisotopic (exact) mass is 396 g/mol. The van der Waals surface area contributed by atoms with Crippen LogP contribution in [0.1, 0.15) is 68.4 Å². The molecule has 0 bridgehead atoms. The molecular formula is C23H25F5. The van der Waals surface area contributed by atoms with Gasteiger partial charge in [0.05, 0.1) is 5.56 Å². The third-order valence-corrected chi connectivity index (χ3v) is 6.45. The number of halogens is 5. The van der Waals surface area contributed by atoms with E-state index in [1.54, 1.807) is 5.92 Å². The summed E-state index contributed by atoms with van der Waals surface area (Å²) in [4.78, 5) is 0. The maximum Gasteiger partial charge on any atom is 0.458 e. The van der Waals surface area contributed by atoms with E-state index < -0.39 is 23.4 Å². The first-order valence-electron chi connectivity index (χ1n) is 9.98. The van der Waals surface area contributed by atoms with Crippen LogP contribution in [0.4, 0.5) is 22.0 Å². The molecule has 1 aromatic carbocycles. The molecule has 2 aliphatic rings. The van der Waals surface area contributed by atoms with Crippen molar-refractivity contribution in [3.05, 3.63) is 47.5 Å². The van der Waals surface area contributed by atoms with Crippen LogP contribution in [-0.2, 0) is 0 Å². The highest BCUT2D eigenvalue weighted by atomic mass is 19.4. The summed E-state index contributed by atoms with van der Waals surface area (Å²) in [6.45, 7) is 3.88. The first-order valence-corrected chi connectivity index (χ1v) is 9.98. The molecular weight excluding hydrogens is 371 g/mol. The van der Waals surface area contributed by atoms with Gasteiger partial charge in [-0.2, -0.15) is 13.2 Å². The Morgan fingerprint density at radius 1 is 0.857 bits per heavy atom. The minimum atomic E-state index is -4.78. The zero-order chi connectivity index (χ0) is 20.3. The van der Waals surface area contributed by atoms with Crippen LogP contribution in [0.2, 0.25) is 0 Å². The normalized spacial score (nSPS) is 28.3. The molecule has 5 heteroatoms. The van der Waals surface area contributed by atoms with Crippen molar-refractivity contribution in [2.75, 3.05) is 0 Å². The van der Waals surface area contributed by atoms with Crippen LogP contribution in [0.15, 0.2) is 24.8 Å². The summed E-state index contributed by atoms with van der Waals surface area (Å²) >= 11 is 0. The topological polar surface area (TPSA) is 0 Å². The number of allylic oxidation sites excluding steroid dienone is 1. The third-order valence-electron chi connectivity index (χ3n) is 6.45. The molecule has 0 N–H and O–H groups in total. The molecule has 0 aliphatic heterocycles. The molecule has 0 amide bonds. The first kappa shape index (κ1) is 20.9. The van der Waals surface area contributed by atoms with Gasteiger partial charge in [-0.3, -0.25) is 0 Å². The lowest BCUT2D eigenvalue weighted by Gasteiger charge is -2.37. The van der Waals surface area contributed by atoms with E-state index in [0.29, 0.717) is 17.4 Å². The van der Waals surface area contributed by atoms with E-state index in [-0.39, 0.29) is 5.92 Å². The second-order valence-corrected chi connectivity index (χ2v) is 8.13. The van der Waals surface area contributed by atoms with Crippen LogP contribution in [0.3, 0.4) is 0 Å². The van der Waals surface area contributed by atoms with E-state index >= 15 is 0 Å². The van der Waals surface area contributed by atoms with E-state index in [4.69, 9.17) is 0 Å². The molecule has 1 aromatic rings. The van der Waals surface area contributed by atoms with Crippen LogP contribution in [-0.4, -0.2) is 6.18 Å². The minimum Gasteiger partial charge on any atom is -0.206 e. The number of benzene rings is 1. The molecule has 0 atom stereocenters. The predicted octanol–water partition coefficient (Wildman–Crippen LogP) is 7.14. The fourth-order valence-corrected chi connectivity index (χ4v) is 4.86. The van der Waals surface area contributed by atoms with E-state index in [9.17, 15) is 22.0 Å². The Balaban J connectivity index is 1.63. The Bertz CT molecular complexity index is 728. The maximum absolute atomic E-state index is 14.2.